The molecule has 0 aliphatic carbocycles. The fraction of sp³-hybridized carbons (Fsp3) is 0.316. The standard InChI is InChI=1S/C19H22FNO3/c20-17-6-8-18(9-7-17)24-14-19(23)21-12-10-16(11-13-22)15-4-2-1-3-5-15/h1-9,16,22H,10-14H2,(H,21,23). The number of carbonyl (C=O) groups excluding carboxylic acids is 1. The van der Waals surface area contributed by atoms with Crippen molar-refractivity contribution in [2.45, 2.75) is 18.8 Å². The van der Waals surface area contributed by atoms with E-state index in [1.807, 2.05) is 30.3 Å². The number of carbonyl (C=O) groups is 1. The molecule has 0 aromatic heterocycles. The maximum Gasteiger partial charge on any atom is 0.257 e. The highest BCUT2D eigenvalue weighted by Gasteiger charge is 2.11. The Kier molecular flexibility index (Phi) is 7.23. The summed E-state index contributed by atoms with van der Waals surface area (Å²) in [5.41, 5.74) is 1.16. The van der Waals surface area contributed by atoms with Crippen LogP contribution in [0.3, 0.4) is 0 Å². The molecule has 5 heteroatoms. The predicted molar refractivity (Wildman–Crippen MR) is 90.4 cm³/mol. The van der Waals surface area contributed by atoms with Crippen LogP contribution in [0.5, 0.6) is 5.75 Å². The molecule has 1 amide bonds. The van der Waals surface area contributed by atoms with Crippen LogP contribution in [0.1, 0.15) is 24.3 Å². The van der Waals surface area contributed by atoms with Gasteiger partial charge in [0.05, 0.1) is 0 Å². The summed E-state index contributed by atoms with van der Waals surface area (Å²) >= 11 is 0. The molecule has 0 fully saturated rings. The molecular weight excluding hydrogens is 309 g/mol. The van der Waals surface area contributed by atoms with Gasteiger partial charge >= 0.3 is 0 Å². The summed E-state index contributed by atoms with van der Waals surface area (Å²) in [6.07, 6.45) is 1.40. The summed E-state index contributed by atoms with van der Waals surface area (Å²) in [5.74, 6) is 0.0845. The van der Waals surface area contributed by atoms with Crippen LogP contribution in [0.2, 0.25) is 0 Å². The highest BCUT2D eigenvalue weighted by molar-refractivity contribution is 5.77. The minimum atomic E-state index is -0.345. The van der Waals surface area contributed by atoms with E-state index in [4.69, 9.17) is 4.74 Å². The number of benzene rings is 2. The van der Waals surface area contributed by atoms with Gasteiger partial charge in [0, 0.05) is 13.2 Å². The van der Waals surface area contributed by atoms with Gasteiger partial charge < -0.3 is 15.2 Å². The smallest absolute Gasteiger partial charge is 0.257 e. The topological polar surface area (TPSA) is 58.6 Å². The highest BCUT2D eigenvalue weighted by atomic mass is 19.1. The third-order valence-corrected chi connectivity index (χ3v) is 3.75. The van der Waals surface area contributed by atoms with Gasteiger partial charge in [-0.3, -0.25) is 4.79 Å². The summed E-state index contributed by atoms with van der Waals surface area (Å²) in [6, 6.07) is 15.5. The van der Waals surface area contributed by atoms with Gasteiger partial charge in [-0.25, -0.2) is 4.39 Å². The Labute approximate surface area is 141 Å². The quantitative estimate of drug-likeness (QED) is 0.743. The predicted octanol–water partition coefficient (Wildman–Crippen LogP) is 2.88. The lowest BCUT2D eigenvalue weighted by molar-refractivity contribution is -0.123. The first kappa shape index (κ1) is 17.9. The van der Waals surface area contributed by atoms with Crippen molar-refractivity contribution in [2.24, 2.45) is 0 Å². The molecule has 0 radical (unpaired) electrons. The lowest BCUT2D eigenvalue weighted by Gasteiger charge is -2.16. The zero-order valence-corrected chi connectivity index (χ0v) is 13.5. The van der Waals surface area contributed by atoms with Crippen LogP contribution in [0, 0.1) is 5.82 Å². The number of nitrogens with one attached hydrogen (secondary N) is 1. The molecule has 2 aromatic carbocycles. The van der Waals surface area contributed by atoms with Gasteiger partial charge in [0.25, 0.3) is 5.91 Å². The van der Waals surface area contributed by atoms with Crippen LogP contribution in [-0.2, 0) is 4.79 Å². The van der Waals surface area contributed by atoms with Gasteiger partial charge in [0.1, 0.15) is 11.6 Å². The molecule has 2 N–H and O–H groups in total. The monoisotopic (exact) mass is 331 g/mol. The van der Waals surface area contributed by atoms with E-state index in [1.165, 1.54) is 24.3 Å². The summed E-state index contributed by atoms with van der Waals surface area (Å²) in [5, 5.41) is 12.0. The minimum absolute atomic E-state index is 0.109. The molecule has 1 unspecified atom stereocenters. The molecule has 128 valence electrons. The first-order chi connectivity index (χ1) is 11.7. The SMILES string of the molecule is O=C(COc1ccc(F)cc1)NCCC(CCO)c1ccccc1. The van der Waals surface area contributed by atoms with Crippen molar-refractivity contribution in [1.29, 1.82) is 0 Å². The molecule has 24 heavy (non-hydrogen) atoms. The van der Waals surface area contributed by atoms with Crippen LogP contribution in [0.25, 0.3) is 0 Å². The zero-order valence-electron chi connectivity index (χ0n) is 13.5. The molecule has 1 atom stereocenters. The second-order valence-electron chi connectivity index (χ2n) is 5.50. The Balaban J connectivity index is 1.73. The molecule has 4 nitrogen and oxygen atoms in total. The minimum Gasteiger partial charge on any atom is -0.484 e. The molecule has 0 saturated carbocycles. The lowest BCUT2D eigenvalue weighted by Crippen LogP contribution is -2.30. The summed E-state index contributed by atoms with van der Waals surface area (Å²) in [4.78, 5) is 11.8. The van der Waals surface area contributed by atoms with Crippen molar-refractivity contribution in [1.82, 2.24) is 5.32 Å². The molecule has 2 rings (SSSR count). The highest BCUT2D eigenvalue weighted by Crippen LogP contribution is 2.22. The maximum atomic E-state index is 12.8. The van der Waals surface area contributed by atoms with Gasteiger partial charge in [0.2, 0.25) is 0 Å². The van der Waals surface area contributed by atoms with E-state index in [2.05, 4.69) is 5.32 Å². The number of hydrogen-bond donors (Lipinski definition) is 2. The molecule has 0 aliphatic rings. The summed E-state index contributed by atoms with van der Waals surface area (Å²) < 4.78 is 18.1. The third kappa shape index (κ3) is 6.01. The fourth-order valence-electron chi connectivity index (χ4n) is 2.48. The van der Waals surface area contributed by atoms with E-state index >= 15 is 0 Å². The second-order valence-corrected chi connectivity index (χ2v) is 5.50. The summed E-state index contributed by atoms with van der Waals surface area (Å²) in [7, 11) is 0. The Hall–Kier alpha value is -2.40. The Bertz CT molecular complexity index is 616. The van der Waals surface area contributed by atoms with Crippen LogP contribution >= 0.6 is 0 Å². The number of rotatable bonds is 9. The van der Waals surface area contributed by atoms with E-state index in [1.54, 1.807) is 0 Å². The summed E-state index contributed by atoms with van der Waals surface area (Å²) in [6.45, 7) is 0.508. The van der Waals surface area contributed by atoms with Crippen molar-refractivity contribution in [2.75, 3.05) is 19.8 Å². The van der Waals surface area contributed by atoms with E-state index in [0.717, 1.165) is 12.0 Å². The van der Waals surface area contributed by atoms with Crippen LogP contribution < -0.4 is 10.1 Å². The number of halogens is 1. The molecule has 0 aliphatic heterocycles. The fourth-order valence-corrected chi connectivity index (χ4v) is 2.48. The average Bonchev–Trinajstić information content (AvgIpc) is 2.61. The molecule has 0 spiro atoms. The normalized spacial score (nSPS) is 11.8. The van der Waals surface area contributed by atoms with E-state index in [0.29, 0.717) is 18.7 Å². The van der Waals surface area contributed by atoms with Crippen molar-refractivity contribution < 1.29 is 19.0 Å². The number of hydrogen-bond acceptors (Lipinski definition) is 3. The Morgan fingerprint density at radius 2 is 1.79 bits per heavy atom. The maximum absolute atomic E-state index is 12.8. The lowest BCUT2D eigenvalue weighted by atomic mass is 9.93. The molecular formula is C19H22FNO3. The van der Waals surface area contributed by atoms with E-state index in [-0.39, 0.29) is 30.9 Å². The Morgan fingerprint density at radius 3 is 2.46 bits per heavy atom. The molecule has 0 saturated heterocycles. The van der Waals surface area contributed by atoms with Gasteiger partial charge in [-0.1, -0.05) is 30.3 Å². The molecule has 0 heterocycles. The zero-order chi connectivity index (χ0) is 17.2. The number of aliphatic hydroxyl groups excluding tert-OH is 1. The molecule has 2 aromatic rings. The van der Waals surface area contributed by atoms with Crippen LogP contribution in [0.4, 0.5) is 4.39 Å². The number of amides is 1. The second kappa shape index (κ2) is 9.67. The first-order valence-electron chi connectivity index (χ1n) is 8.00. The van der Waals surface area contributed by atoms with Gasteiger partial charge in [0.15, 0.2) is 6.61 Å². The number of aliphatic hydroxyl groups is 1. The van der Waals surface area contributed by atoms with Gasteiger partial charge in [-0.05, 0) is 48.6 Å². The Morgan fingerprint density at radius 1 is 1.08 bits per heavy atom. The van der Waals surface area contributed by atoms with E-state index < -0.39 is 0 Å². The van der Waals surface area contributed by atoms with Crippen molar-refractivity contribution >= 4 is 5.91 Å². The van der Waals surface area contributed by atoms with Gasteiger partial charge in [-0.2, -0.15) is 0 Å². The van der Waals surface area contributed by atoms with Crippen molar-refractivity contribution in [3.05, 3.63) is 66.0 Å². The average molecular weight is 331 g/mol. The van der Waals surface area contributed by atoms with Crippen molar-refractivity contribution in [3.63, 3.8) is 0 Å². The van der Waals surface area contributed by atoms with Crippen molar-refractivity contribution in [3.8, 4) is 5.75 Å². The van der Waals surface area contributed by atoms with Crippen LogP contribution in [-0.4, -0.2) is 30.8 Å². The molecule has 0 bridgehead atoms. The third-order valence-electron chi connectivity index (χ3n) is 3.75. The number of ether oxygens (including phenoxy) is 1. The van der Waals surface area contributed by atoms with Gasteiger partial charge in [-0.15, -0.1) is 0 Å². The first-order valence-corrected chi connectivity index (χ1v) is 8.00. The largest absolute Gasteiger partial charge is 0.484 e. The van der Waals surface area contributed by atoms with Crippen LogP contribution in [0.15, 0.2) is 54.6 Å². The van der Waals surface area contributed by atoms with E-state index in [9.17, 15) is 14.3 Å².